The van der Waals surface area contributed by atoms with E-state index in [-0.39, 0.29) is 11.7 Å². The Morgan fingerprint density at radius 2 is 2.30 bits per heavy atom. The summed E-state index contributed by atoms with van der Waals surface area (Å²) in [4.78, 5) is 21.5. The van der Waals surface area contributed by atoms with E-state index < -0.39 is 0 Å². The van der Waals surface area contributed by atoms with Gasteiger partial charge in [-0.3, -0.25) is 9.89 Å². The quantitative estimate of drug-likeness (QED) is 0.655. The lowest BCUT2D eigenvalue weighted by Crippen LogP contribution is -2.14. The summed E-state index contributed by atoms with van der Waals surface area (Å²) in [6, 6.07) is 7.37. The molecule has 23 heavy (non-hydrogen) atoms. The molecule has 0 aliphatic carbocycles. The van der Waals surface area contributed by atoms with E-state index in [1.807, 2.05) is 17.5 Å². The van der Waals surface area contributed by atoms with E-state index in [4.69, 9.17) is 11.6 Å². The fourth-order valence-corrected chi connectivity index (χ4v) is 3.20. The van der Waals surface area contributed by atoms with Gasteiger partial charge in [0.1, 0.15) is 11.6 Å². The molecule has 3 rings (SSSR count). The zero-order valence-electron chi connectivity index (χ0n) is 11.8. The minimum Gasteiger partial charge on any atom is -0.310 e. The van der Waals surface area contributed by atoms with E-state index in [1.165, 1.54) is 22.8 Å². The molecule has 9 heteroatoms. The van der Waals surface area contributed by atoms with E-state index in [0.29, 0.717) is 22.4 Å². The highest BCUT2D eigenvalue weighted by molar-refractivity contribution is 7.99. The molecule has 0 aliphatic rings. The van der Waals surface area contributed by atoms with Gasteiger partial charge in [0.2, 0.25) is 11.1 Å². The van der Waals surface area contributed by atoms with Crippen molar-refractivity contribution in [2.24, 2.45) is 0 Å². The van der Waals surface area contributed by atoms with Crippen LogP contribution >= 0.6 is 34.7 Å². The van der Waals surface area contributed by atoms with Crippen LogP contribution in [-0.2, 0) is 11.2 Å². The topological polar surface area (TPSA) is 83.6 Å². The van der Waals surface area contributed by atoms with E-state index >= 15 is 0 Å². The van der Waals surface area contributed by atoms with Gasteiger partial charge in [0.25, 0.3) is 0 Å². The summed E-state index contributed by atoms with van der Waals surface area (Å²) in [6.07, 6.45) is 2.20. The van der Waals surface area contributed by atoms with Gasteiger partial charge in [0, 0.05) is 17.5 Å². The van der Waals surface area contributed by atoms with Crippen molar-refractivity contribution >= 4 is 46.4 Å². The Labute approximate surface area is 145 Å². The molecule has 0 aromatic carbocycles. The number of thioether (sulfide) groups is 1. The summed E-state index contributed by atoms with van der Waals surface area (Å²) in [5, 5.41) is 12.8. The number of amides is 1. The first kappa shape index (κ1) is 16.0. The van der Waals surface area contributed by atoms with Gasteiger partial charge in [-0.05, 0) is 23.6 Å². The highest BCUT2D eigenvalue weighted by atomic mass is 35.5. The Morgan fingerprint density at radius 3 is 3.04 bits per heavy atom. The van der Waals surface area contributed by atoms with Crippen LogP contribution in [0.3, 0.4) is 0 Å². The highest BCUT2D eigenvalue weighted by Crippen LogP contribution is 2.16. The summed E-state index contributed by atoms with van der Waals surface area (Å²) >= 11 is 8.68. The lowest BCUT2D eigenvalue weighted by Gasteiger charge is -2.02. The first-order valence-electron chi connectivity index (χ1n) is 6.67. The summed E-state index contributed by atoms with van der Waals surface area (Å²) in [5.41, 5.74) is 0. The van der Waals surface area contributed by atoms with Crippen molar-refractivity contribution in [3.8, 4) is 0 Å². The molecular formula is C14H12ClN5OS2. The second kappa shape index (κ2) is 7.58. The van der Waals surface area contributed by atoms with Gasteiger partial charge < -0.3 is 5.32 Å². The molecule has 6 nitrogen and oxygen atoms in total. The minimum atomic E-state index is -0.172. The SMILES string of the molecule is O=C(CSc1n[nH]c(Cc2cccs2)n1)Nc1ccc(Cl)cn1. The Kier molecular flexibility index (Phi) is 5.27. The number of rotatable bonds is 6. The third-order valence-corrected chi connectivity index (χ3v) is 4.71. The molecule has 3 heterocycles. The van der Waals surface area contributed by atoms with Crippen LogP contribution in [0, 0.1) is 0 Å². The second-order valence-electron chi connectivity index (χ2n) is 4.52. The molecule has 3 aromatic heterocycles. The number of anilines is 1. The number of hydrogen-bond donors (Lipinski definition) is 2. The molecule has 1 amide bonds. The van der Waals surface area contributed by atoms with Gasteiger partial charge in [-0.25, -0.2) is 9.97 Å². The van der Waals surface area contributed by atoms with E-state index in [0.717, 1.165) is 5.82 Å². The van der Waals surface area contributed by atoms with Gasteiger partial charge >= 0.3 is 0 Å². The summed E-state index contributed by atoms with van der Waals surface area (Å²) < 4.78 is 0. The maximum atomic E-state index is 11.9. The maximum absolute atomic E-state index is 11.9. The summed E-state index contributed by atoms with van der Waals surface area (Å²) in [5.74, 6) is 1.29. The average Bonchev–Trinajstić information content (AvgIpc) is 3.20. The normalized spacial score (nSPS) is 10.7. The van der Waals surface area contributed by atoms with Crippen molar-refractivity contribution in [2.45, 2.75) is 11.6 Å². The van der Waals surface area contributed by atoms with E-state index in [2.05, 4.69) is 25.5 Å². The largest absolute Gasteiger partial charge is 0.310 e. The number of carbonyl (C=O) groups is 1. The van der Waals surface area contributed by atoms with Crippen molar-refractivity contribution < 1.29 is 4.79 Å². The predicted octanol–water partition coefficient (Wildman–Crippen LogP) is 3.24. The lowest BCUT2D eigenvalue weighted by atomic mass is 10.3. The molecule has 0 atom stereocenters. The lowest BCUT2D eigenvalue weighted by molar-refractivity contribution is -0.113. The van der Waals surface area contributed by atoms with Crippen LogP contribution in [0.25, 0.3) is 0 Å². The summed E-state index contributed by atoms with van der Waals surface area (Å²) in [6.45, 7) is 0. The van der Waals surface area contributed by atoms with Crippen LogP contribution < -0.4 is 5.32 Å². The number of aromatic nitrogens is 4. The van der Waals surface area contributed by atoms with Crippen LogP contribution in [0.5, 0.6) is 0 Å². The van der Waals surface area contributed by atoms with Crippen LogP contribution in [0.2, 0.25) is 5.02 Å². The van der Waals surface area contributed by atoms with Crippen LogP contribution in [0.1, 0.15) is 10.7 Å². The third kappa shape index (κ3) is 4.78. The highest BCUT2D eigenvalue weighted by Gasteiger charge is 2.09. The molecule has 0 bridgehead atoms. The van der Waals surface area contributed by atoms with Gasteiger partial charge in [-0.2, -0.15) is 0 Å². The Balaban J connectivity index is 1.49. The van der Waals surface area contributed by atoms with Crippen LogP contribution in [0.4, 0.5) is 5.82 Å². The molecule has 2 N–H and O–H groups in total. The standard InChI is InChI=1S/C14H12ClN5OS2/c15-9-3-4-11(16-7-9)17-13(21)8-23-14-18-12(19-20-14)6-10-2-1-5-22-10/h1-5,7H,6,8H2,(H,16,17,21)(H,18,19,20). The number of aromatic amines is 1. The van der Waals surface area contributed by atoms with Crippen LogP contribution in [0.15, 0.2) is 41.0 Å². The van der Waals surface area contributed by atoms with Gasteiger partial charge in [0.15, 0.2) is 0 Å². The number of hydrogen-bond acceptors (Lipinski definition) is 6. The Morgan fingerprint density at radius 1 is 1.39 bits per heavy atom. The van der Waals surface area contributed by atoms with Crippen molar-refractivity contribution in [1.82, 2.24) is 20.2 Å². The van der Waals surface area contributed by atoms with Crippen molar-refractivity contribution in [3.63, 3.8) is 0 Å². The molecule has 0 spiro atoms. The van der Waals surface area contributed by atoms with Crippen molar-refractivity contribution in [2.75, 3.05) is 11.1 Å². The molecule has 0 saturated heterocycles. The Bertz CT molecular complexity index is 773. The molecule has 0 aliphatic heterocycles. The molecule has 3 aromatic rings. The number of pyridine rings is 1. The first-order valence-corrected chi connectivity index (χ1v) is 8.91. The fourth-order valence-electron chi connectivity index (χ4n) is 1.76. The molecule has 0 unspecified atom stereocenters. The smallest absolute Gasteiger partial charge is 0.236 e. The predicted molar refractivity (Wildman–Crippen MR) is 92.1 cm³/mol. The molecular weight excluding hydrogens is 354 g/mol. The maximum Gasteiger partial charge on any atom is 0.236 e. The zero-order valence-corrected chi connectivity index (χ0v) is 14.2. The number of nitrogens with one attached hydrogen (secondary N) is 2. The second-order valence-corrected chi connectivity index (χ2v) is 6.93. The van der Waals surface area contributed by atoms with Crippen LogP contribution in [-0.4, -0.2) is 31.8 Å². The number of nitrogens with zero attached hydrogens (tertiary/aromatic N) is 3. The van der Waals surface area contributed by atoms with Gasteiger partial charge in [-0.1, -0.05) is 29.4 Å². The first-order chi connectivity index (χ1) is 11.2. The molecule has 0 radical (unpaired) electrons. The number of carbonyl (C=O) groups excluding carboxylic acids is 1. The van der Waals surface area contributed by atoms with Crippen molar-refractivity contribution in [1.29, 1.82) is 0 Å². The van der Waals surface area contributed by atoms with Crippen molar-refractivity contribution in [3.05, 3.63) is 51.6 Å². The average molecular weight is 366 g/mol. The number of halogens is 1. The van der Waals surface area contributed by atoms with Gasteiger partial charge in [0.05, 0.1) is 10.8 Å². The van der Waals surface area contributed by atoms with E-state index in [1.54, 1.807) is 23.5 Å². The molecule has 118 valence electrons. The monoisotopic (exact) mass is 365 g/mol. The Hall–Kier alpha value is -1.90. The molecule has 0 fully saturated rings. The zero-order chi connectivity index (χ0) is 16.1. The third-order valence-electron chi connectivity index (χ3n) is 2.76. The van der Waals surface area contributed by atoms with E-state index in [9.17, 15) is 4.79 Å². The van der Waals surface area contributed by atoms with Gasteiger partial charge in [-0.15, -0.1) is 16.4 Å². The summed E-state index contributed by atoms with van der Waals surface area (Å²) in [7, 11) is 0. The fraction of sp³-hybridized carbons (Fsp3) is 0.143. The molecule has 0 saturated carbocycles. The number of H-pyrrole nitrogens is 1. The number of thiophene rings is 1. The minimum absolute atomic E-state index is 0.172.